The van der Waals surface area contributed by atoms with Crippen LogP contribution in [0.3, 0.4) is 0 Å². The van der Waals surface area contributed by atoms with Gasteiger partial charge in [0.25, 0.3) is 5.91 Å². The van der Waals surface area contributed by atoms with E-state index in [1.165, 1.54) is 18.2 Å². The predicted octanol–water partition coefficient (Wildman–Crippen LogP) is 5.93. The van der Waals surface area contributed by atoms with Crippen LogP contribution in [0.2, 0.25) is 0 Å². The number of carbonyl (C=O) groups excluding carboxylic acids is 2. The van der Waals surface area contributed by atoms with Crippen LogP contribution in [-0.2, 0) is 29.1 Å². The summed E-state index contributed by atoms with van der Waals surface area (Å²) in [5.74, 6) is -0.654. The number of nitrogens with one attached hydrogen (secondary N) is 1. The molecule has 4 nitrogen and oxygen atoms in total. The largest absolute Gasteiger partial charge is 0.352 e. The van der Waals surface area contributed by atoms with E-state index >= 15 is 0 Å². The fourth-order valence-electron chi connectivity index (χ4n) is 3.77. The summed E-state index contributed by atoms with van der Waals surface area (Å²) in [4.78, 5) is 27.1. The molecule has 180 valence electrons. The van der Waals surface area contributed by atoms with E-state index in [9.17, 15) is 14.0 Å². The van der Waals surface area contributed by atoms with E-state index in [2.05, 4.69) is 5.32 Å². The molecule has 0 radical (unpaired) electrons. The van der Waals surface area contributed by atoms with Gasteiger partial charge in [0.05, 0.1) is 13.0 Å². The van der Waals surface area contributed by atoms with Gasteiger partial charge >= 0.3 is 0 Å². The molecule has 0 heterocycles. The van der Waals surface area contributed by atoms with Gasteiger partial charge < -0.3 is 10.2 Å². The Hall–Kier alpha value is -4.51. The third kappa shape index (κ3) is 7.24. The first kappa shape index (κ1) is 24.6. The lowest BCUT2D eigenvalue weighted by molar-refractivity contribution is -0.120. The van der Waals surface area contributed by atoms with E-state index in [0.29, 0.717) is 17.8 Å². The maximum absolute atomic E-state index is 13.8. The molecule has 36 heavy (non-hydrogen) atoms. The van der Waals surface area contributed by atoms with Crippen molar-refractivity contribution in [3.8, 4) is 0 Å². The fourth-order valence-corrected chi connectivity index (χ4v) is 3.77. The molecule has 0 saturated carbocycles. The first-order chi connectivity index (χ1) is 17.6. The van der Waals surface area contributed by atoms with Gasteiger partial charge in [-0.3, -0.25) is 9.59 Å². The van der Waals surface area contributed by atoms with Crippen molar-refractivity contribution in [1.29, 1.82) is 0 Å². The van der Waals surface area contributed by atoms with E-state index in [1.807, 2.05) is 84.9 Å². The Balaban J connectivity index is 1.47. The first-order valence-electron chi connectivity index (χ1n) is 11.8. The molecule has 0 saturated heterocycles. The second-order valence-electron chi connectivity index (χ2n) is 8.40. The second kappa shape index (κ2) is 12.3. The quantitative estimate of drug-likeness (QED) is 0.303. The number of hydrogen-bond donors (Lipinski definition) is 1. The molecule has 0 aliphatic rings. The maximum atomic E-state index is 13.8. The van der Waals surface area contributed by atoms with Crippen LogP contribution in [-0.4, -0.2) is 11.8 Å². The van der Waals surface area contributed by atoms with Crippen LogP contribution < -0.4 is 10.2 Å². The molecular formula is C31H27FN2O2. The third-order valence-electron chi connectivity index (χ3n) is 5.66. The van der Waals surface area contributed by atoms with Crippen LogP contribution >= 0.6 is 0 Å². The van der Waals surface area contributed by atoms with Crippen molar-refractivity contribution in [2.45, 2.75) is 19.5 Å². The average Bonchev–Trinajstić information content (AvgIpc) is 2.91. The van der Waals surface area contributed by atoms with Crippen molar-refractivity contribution in [2.24, 2.45) is 0 Å². The summed E-state index contributed by atoms with van der Waals surface area (Å²) in [6.45, 7) is 0.689. The highest BCUT2D eigenvalue weighted by Crippen LogP contribution is 2.20. The first-order valence-corrected chi connectivity index (χ1v) is 11.8. The number of carbonyl (C=O) groups is 2. The zero-order valence-electron chi connectivity index (χ0n) is 19.8. The maximum Gasteiger partial charge on any atom is 0.251 e. The summed E-state index contributed by atoms with van der Waals surface area (Å²) in [5.41, 5.74) is 4.13. The Bertz CT molecular complexity index is 1320. The van der Waals surface area contributed by atoms with E-state index < -0.39 is 0 Å². The molecule has 1 N–H and O–H groups in total. The minimum absolute atomic E-state index is 0.0786. The fraction of sp³-hybridized carbons (Fsp3) is 0.0968. The van der Waals surface area contributed by atoms with Gasteiger partial charge in [0, 0.05) is 18.3 Å². The third-order valence-corrected chi connectivity index (χ3v) is 5.66. The summed E-state index contributed by atoms with van der Waals surface area (Å²) >= 11 is 0. The molecule has 0 spiro atoms. The number of hydrogen-bond acceptors (Lipinski definition) is 2. The van der Waals surface area contributed by atoms with Crippen LogP contribution in [0.25, 0.3) is 6.08 Å². The van der Waals surface area contributed by atoms with Crippen LogP contribution in [0.5, 0.6) is 0 Å². The topological polar surface area (TPSA) is 49.4 Å². The van der Waals surface area contributed by atoms with Gasteiger partial charge in [0.2, 0.25) is 5.91 Å². The Labute approximate surface area is 210 Å². The highest BCUT2D eigenvalue weighted by atomic mass is 19.1. The molecule has 0 fully saturated rings. The Kier molecular flexibility index (Phi) is 8.39. The lowest BCUT2D eigenvalue weighted by Gasteiger charge is -2.22. The van der Waals surface area contributed by atoms with Crippen molar-refractivity contribution >= 4 is 23.6 Å². The summed E-state index contributed by atoms with van der Waals surface area (Å²) in [7, 11) is 0. The van der Waals surface area contributed by atoms with E-state index in [0.717, 1.165) is 16.7 Å². The van der Waals surface area contributed by atoms with Gasteiger partial charge in [-0.1, -0.05) is 84.9 Å². The van der Waals surface area contributed by atoms with Gasteiger partial charge in [0.1, 0.15) is 5.82 Å². The van der Waals surface area contributed by atoms with Gasteiger partial charge in [-0.05, 0) is 52.6 Å². The van der Waals surface area contributed by atoms with Gasteiger partial charge in [0.15, 0.2) is 0 Å². The molecule has 2 amide bonds. The molecular weight excluding hydrogens is 451 g/mol. The summed E-state index contributed by atoms with van der Waals surface area (Å²) < 4.78 is 13.8. The molecule has 4 aromatic rings. The van der Waals surface area contributed by atoms with Crippen LogP contribution in [0.4, 0.5) is 10.1 Å². The zero-order chi connectivity index (χ0) is 25.2. The molecule has 0 aliphatic heterocycles. The van der Waals surface area contributed by atoms with Crippen molar-refractivity contribution < 1.29 is 14.0 Å². The summed E-state index contributed by atoms with van der Waals surface area (Å²) in [6.07, 6.45) is 3.50. The molecule has 0 atom stereocenters. The number of rotatable bonds is 9. The second-order valence-corrected chi connectivity index (χ2v) is 8.40. The Morgan fingerprint density at radius 1 is 0.750 bits per heavy atom. The molecule has 0 unspecified atom stereocenters. The predicted molar refractivity (Wildman–Crippen MR) is 142 cm³/mol. The molecule has 0 aromatic heterocycles. The number of anilines is 1. The molecule has 4 rings (SSSR count). The van der Waals surface area contributed by atoms with Gasteiger partial charge in [-0.2, -0.15) is 0 Å². The monoisotopic (exact) mass is 478 g/mol. The number of benzene rings is 4. The Morgan fingerprint density at radius 2 is 1.42 bits per heavy atom. The normalized spacial score (nSPS) is 10.8. The van der Waals surface area contributed by atoms with Crippen molar-refractivity contribution in [1.82, 2.24) is 5.32 Å². The number of nitrogens with zero attached hydrogens (tertiary/aromatic N) is 1. The standard InChI is InChI=1S/C31H27FN2O2/c32-28-13-7-12-27(20-28)23-34(31(36)19-16-24-8-3-1-4-9-24)29-17-14-25(15-18-29)21-30(35)33-22-26-10-5-2-6-11-26/h1-20H,21-23H2,(H,33,35). The van der Waals surface area contributed by atoms with Crippen molar-refractivity contribution in [3.05, 3.63) is 143 Å². The summed E-state index contributed by atoms with van der Waals surface area (Å²) in [5, 5.41) is 2.93. The van der Waals surface area contributed by atoms with E-state index in [4.69, 9.17) is 0 Å². The molecule has 0 aliphatic carbocycles. The van der Waals surface area contributed by atoms with Gasteiger partial charge in [-0.25, -0.2) is 4.39 Å². The minimum atomic E-state index is -0.350. The van der Waals surface area contributed by atoms with Crippen LogP contribution in [0, 0.1) is 5.82 Å². The zero-order valence-corrected chi connectivity index (χ0v) is 19.8. The molecule has 0 bridgehead atoms. The van der Waals surface area contributed by atoms with Crippen molar-refractivity contribution in [2.75, 3.05) is 4.90 Å². The SMILES string of the molecule is O=C(Cc1ccc(N(Cc2cccc(F)c2)C(=O)C=Cc2ccccc2)cc1)NCc1ccccc1. The number of halogens is 1. The smallest absolute Gasteiger partial charge is 0.251 e. The van der Waals surface area contributed by atoms with E-state index in [1.54, 1.807) is 23.1 Å². The lowest BCUT2D eigenvalue weighted by atomic mass is 10.1. The van der Waals surface area contributed by atoms with Crippen LogP contribution in [0.1, 0.15) is 22.3 Å². The van der Waals surface area contributed by atoms with Crippen molar-refractivity contribution in [3.63, 3.8) is 0 Å². The van der Waals surface area contributed by atoms with Crippen LogP contribution in [0.15, 0.2) is 115 Å². The summed E-state index contributed by atoms with van der Waals surface area (Å²) in [6, 6.07) is 32.8. The highest BCUT2D eigenvalue weighted by Gasteiger charge is 2.15. The molecule has 5 heteroatoms. The average molecular weight is 479 g/mol. The lowest BCUT2D eigenvalue weighted by Crippen LogP contribution is -2.29. The minimum Gasteiger partial charge on any atom is -0.352 e. The number of amides is 2. The van der Waals surface area contributed by atoms with Gasteiger partial charge in [-0.15, -0.1) is 0 Å². The highest BCUT2D eigenvalue weighted by molar-refractivity contribution is 6.03. The Morgan fingerprint density at radius 3 is 2.11 bits per heavy atom. The molecule has 4 aromatic carbocycles. The van der Waals surface area contributed by atoms with E-state index in [-0.39, 0.29) is 30.6 Å².